The highest BCUT2D eigenvalue weighted by molar-refractivity contribution is 7.73. The molecule has 0 radical (unpaired) electrons. The fourth-order valence-corrected chi connectivity index (χ4v) is 1.37. The fraction of sp³-hybridized carbons (Fsp3) is 0.143. The first-order valence-corrected chi connectivity index (χ1v) is 4.85. The van der Waals surface area contributed by atoms with E-state index in [1.807, 2.05) is 0 Å². The topological polar surface area (TPSA) is 80.6 Å². The summed E-state index contributed by atoms with van der Waals surface area (Å²) in [6.45, 7) is 0. The van der Waals surface area contributed by atoms with Crippen molar-refractivity contribution in [3.05, 3.63) is 29.8 Å². The normalized spacial score (nSPS) is 20.2. The van der Waals surface area contributed by atoms with Crippen molar-refractivity contribution in [3.63, 3.8) is 0 Å². The van der Waals surface area contributed by atoms with Crippen LogP contribution >= 0.6 is 0 Å². The summed E-state index contributed by atoms with van der Waals surface area (Å²) < 4.78 is 22.9. The second-order valence-electron chi connectivity index (χ2n) is 2.61. The van der Waals surface area contributed by atoms with Gasteiger partial charge in [-0.05, 0) is 17.7 Å². The Morgan fingerprint density at radius 3 is 2.38 bits per heavy atom. The summed E-state index contributed by atoms with van der Waals surface area (Å²) in [6, 6.07) is 6.96. The molecule has 0 aromatic heterocycles. The van der Waals surface area contributed by atoms with Gasteiger partial charge in [0.25, 0.3) is 0 Å². The minimum absolute atomic E-state index is 0.0323. The Kier molecular flexibility index (Phi) is 2.17. The van der Waals surface area contributed by atoms with E-state index in [1.54, 1.807) is 24.3 Å². The summed E-state index contributed by atoms with van der Waals surface area (Å²) in [6.07, 6.45) is -0.0323. The molecule has 0 saturated carbocycles. The number of nitrogens with one attached hydrogen (secondary N) is 2. The van der Waals surface area contributed by atoms with E-state index < -0.39 is 10.9 Å². The molecule has 0 spiro atoms. The van der Waals surface area contributed by atoms with Gasteiger partial charge in [-0.3, -0.25) is 9.56 Å². The molecule has 0 bridgehead atoms. The molecule has 70 valence electrons. The van der Waals surface area contributed by atoms with Gasteiger partial charge in [-0.2, -0.15) is 5.48 Å². The van der Waals surface area contributed by atoms with Crippen molar-refractivity contribution >= 4 is 16.6 Å². The summed E-state index contributed by atoms with van der Waals surface area (Å²) >= 11 is 0. The molecule has 1 aromatic carbocycles. The van der Waals surface area contributed by atoms with Crippen LogP contribution in [-0.4, -0.2) is 8.42 Å². The zero-order valence-corrected chi connectivity index (χ0v) is 7.45. The van der Waals surface area contributed by atoms with Crippen molar-refractivity contribution in [2.24, 2.45) is 0 Å². The van der Waals surface area contributed by atoms with Crippen molar-refractivity contribution in [2.75, 3.05) is 4.72 Å². The maximum atomic E-state index is 10.3. The summed E-state index contributed by atoms with van der Waals surface area (Å²) in [4.78, 5) is 4.83. The van der Waals surface area contributed by atoms with E-state index in [1.165, 1.54) is 0 Å². The van der Waals surface area contributed by atoms with Crippen LogP contribution in [0.25, 0.3) is 0 Å². The largest absolute Gasteiger partial charge is 0.286 e. The molecule has 1 atom stereocenters. The summed E-state index contributed by atoms with van der Waals surface area (Å²) in [5.74, 6) is 0. The van der Waals surface area contributed by atoms with Gasteiger partial charge < -0.3 is 0 Å². The van der Waals surface area contributed by atoms with Crippen molar-refractivity contribution in [1.29, 1.82) is 0 Å². The average molecular weight is 200 g/mol. The quantitative estimate of drug-likeness (QED) is 0.479. The van der Waals surface area contributed by atoms with Gasteiger partial charge in [-0.1, -0.05) is 12.1 Å². The van der Waals surface area contributed by atoms with Crippen LogP contribution < -0.4 is 10.2 Å². The first-order valence-electron chi connectivity index (χ1n) is 3.68. The molecular weight excluding hydrogens is 192 g/mol. The molecule has 6 heteroatoms. The van der Waals surface area contributed by atoms with E-state index in [2.05, 4.69) is 10.2 Å². The lowest BCUT2D eigenvalue weighted by Crippen LogP contribution is -1.94. The van der Waals surface area contributed by atoms with Crippen molar-refractivity contribution < 1.29 is 13.3 Å². The molecule has 1 aliphatic heterocycles. The molecular formula is C7H8N2O3S. The molecule has 1 fully saturated rings. The van der Waals surface area contributed by atoms with Gasteiger partial charge in [-0.15, -0.1) is 0 Å². The third-order valence-electron chi connectivity index (χ3n) is 1.67. The highest BCUT2D eigenvalue weighted by Crippen LogP contribution is 2.24. The van der Waals surface area contributed by atoms with Gasteiger partial charge in [0.05, 0.1) is 0 Å². The molecule has 5 nitrogen and oxygen atoms in total. The molecule has 1 aliphatic rings. The monoisotopic (exact) mass is 200 g/mol. The number of hydroxylamine groups is 1. The maximum absolute atomic E-state index is 10.3. The van der Waals surface area contributed by atoms with Crippen LogP contribution in [0.2, 0.25) is 0 Å². The van der Waals surface area contributed by atoms with Gasteiger partial charge in [0.1, 0.15) is 0 Å². The highest BCUT2D eigenvalue weighted by atomic mass is 32.2. The zero-order chi connectivity index (χ0) is 9.26. The Hall–Kier alpha value is -1.11. The van der Waals surface area contributed by atoms with Crippen LogP contribution in [0, 0.1) is 0 Å². The van der Waals surface area contributed by atoms with E-state index in [4.69, 9.17) is 4.84 Å². The molecule has 1 saturated heterocycles. The van der Waals surface area contributed by atoms with Gasteiger partial charge in [0.15, 0.2) is 6.23 Å². The Labute approximate surface area is 76.8 Å². The predicted molar refractivity (Wildman–Crippen MR) is 47.3 cm³/mol. The second kappa shape index (κ2) is 3.33. The van der Waals surface area contributed by atoms with Gasteiger partial charge >= 0.3 is 0 Å². The molecule has 1 heterocycles. The Morgan fingerprint density at radius 1 is 1.31 bits per heavy atom. The number of hydrogen-bond acceptors (Lipinski definition) is 4. The molecule has 1 unspecified atom stereocenters. The van der Waals surface area contributed by atoms with Crippen LogP contribution in [0.15, 0.2) is 24.3 Å². The highest BCUT2D eigenvalue weighted by Gasteiger charge is 2.23. The molecule has 13 heavy (non-hydrogen) atoms. The van der Waals surface area contributed by atoms with Crippen LogP contribution in [0.4, 0.5) is 5.69 Å². The minimum atomic E-state index is -2.58. The van der Waals surface area contributed by atoms with Crippen molar-refractivity contribution in [3.8, 4) is 0 Å². The molecule has 1 aromatic rings. The SMILES string of the molecule is O=[SH](=O)Nc1ccc(C2NO2)cc1. The first-order chi connectivity index (χ1) is 6.25. The lowest BCUT2D eigenvalue weighted by Gasteiger charge is -1.98. The Balaban J connectivity index is 2.12. The molecule has 0 aliphatic carbocycles. The lowest BCUT2D eigenvalue weighted by molar-refractivity contribution is 0.374. The predicted octanol–water partition coefficient (Wildman–Crippen LogP) is 0.158. The smallest absolute Gasteiger partial charge is 0.222 e. The van der Waals surface area contributed by atoms with Gasteiger partial charge in [0, 0.05) is 5.69 Å². The number of benzene rings is 1. The van der Waals surface area contributed by atoms with Crippen LogP contribution in [0.5, 0.6) is 0 Å². The van der Waals surface area contributed by atoms with Crippen LogP contribution in [0.3, 0.4) is 0 Å². The van der Waals surface area contributed by atoms with Crippen molar-refractivity contribution in [1.82, 2.24) is 5.48 Å². The number of rotatable bonds is 3. The average Bonchev–Trinajstić information content (AvgIpc) is 2.87. The second-order valence-corrected chi connectivity index (χ2v) is 3.34. The zero-order valence-electron chi connectivity index (χ0n) is 6.56. The third-order valence-corrected chi connectivity index (χ3v) is 2.11. The Morgan fingerprint density at radius 2 is 1.92 bits per heavy atom. The van der Waals surface area contributed by atoms with Gasteiger partial charge in [-0.25, -0.2) is 8.42 Å². The van der Waals surface area contributed by atoms with Crippen LogP contribution in [0.1, 0.15) is 11.8 Å². The van der Waals surface area contributed by atoms with E-state index in [0.29, 0.717) is 5.69 Å². The van der Waals surface area contributed by atoms with Gasteiger partial charge in [0.2, 0.25) is 10.9 Å². The minimum Gasteiger partial charge on any atom is -0.286 e. The lowest BCUT2D eigenvalue weighted by atomic mass is 10.2. The fourth-order valence-electron chi connectivity index (χ4n) is 1.01. The first kappa shape index (κ1) is 8.49. The van der Waals surface area contributed by atoms with E-state index in [9.17, 15) is 8.42 Å². The van der Waals surface area contributed by atoms with E-state index >= 15 is 0 Å². The number of hydrogen-bond donors (Lipinski definition) is 3. The summed E-state index contributed by atoms with van der Waals surface area (Å²) in [5, 5.41) is 0. The maximum Gasteiger partial charge on any atom is 0.222 e. The van der Waals surface area contributed by atoms with Crippen molar-refractivity contribution in [2.45, 2.75) is 6.23 Å². The third kappa shape index (κ3) is 2.18. The summed E-state index contributed by atoms with van der Waals surface area (Å²) in [5.41, 5.74) is 4.21. The molecule has 2 N–H and O–H groups in total. The molecule has 2 rings (SSSR count). The Bertz CT molecular complexity index is 362. The van der Waals surface area contributed by atoms with E-state index in [0.717, 1.165) is 5.56 Å². The number of thiol groups is 1. The van der Waals surface area contributed by atoms with Crippen LogP contribution in [-0.2, 0) is 15.7 Å². The number of anilines is 1. The summed E-state index contributed by atoms with van der Waals surface area (Å²) in [7, 11) is -2.58. The molecule has 0 amide bonds. The van der Waals surface area contributed by atoms with E-state index in [-0.39, 0.29) is 6.23 Å². The standard InChI is InChI=1S/C7H8N2O3S/c10-13(11)9-6-3-1-5(2-4-6)7-8-12-7/h1-4,7-8,13H,(H,9,10,11).